The number of hydrogen-bond donors (Lipinski definition) is 1. The summed E-state index contributed by atoms with van der Waals surface area (Å²) in [5, 5.41) is 7.37. The number of rotatable bonds is 6. The number of likely N-dealkylation sites (tertiary alicyclic amines) is 1. The molecule has 2 amide bonds. The van der Waals surface area contributed by atoms with Gasteiger partial charge in [-0.3, -0.25) is 14.3 Å². The molecule has 6 heteroatoms. The number of nitrogens with zero attached hydrogens (tertiary/aromatic N) is 3. The molecule has 2 heterocycles. The van der Waals surface area contributed by atoms with Crippen molar-refractivity contribution >= 4 is 11.8 Å². The van der Waals surface area contributed by atoms with Crippen molar-refractivity contribution in [2.45, 2.75) is 77.3 Å². The van der Waals surface area contributed by atoms with E-state index < -0.39 is 0 Å². The summed E-state index contributed by atoms with van der Waals surface area (Å²) in [6, 6.07) is 0.431. The summed E-state index contributed by atoms with van der Waals surface area (Å²) in [4.78, 5) is 27.1. The van der Waals surface area contributed by atoms with Gasteiger partial charge < -0.3 is 10.2 Å². The minimum absolute atomic E-state index is 0.160. The van der Waals surface area contributed by atoms with Crippen LogP contribution in [-0.4, -0.2) is 45.6 Å². The molecule has 1 saturated heterocycles. The van der Waals surface area contributed by atoms with Gasteiger partial charge in [-0.05, 0) is 55.9 Å². The van der Waals surface area contributed by atoms with Crippen molar-refractivity contribution in [2.24, 2.45) is 11.3 Å². The lowest BCUT2D eigenvalue weighted by Gasteiger charge is -2.38. The van der Waals surface area contributed by atoms with Crippen molar-refractivity contribution in [2.75, 3.05) is 13.1 Å². The van der Waals surface area contributed by atoms with Crippen LogP contribution < -0.4 is 5.32 Å². The molecule has 1 aromatic heterocycles. The maximum absolute atomic E-state index is 12.9. The van der Waals surface area contributed by atoms with Gasteiger partial charge in [0.1, 0.15) is 6.54 Å². The number of nitrogens with one attached hydrogen (secondary N) is 1. The van der Waals surface area contributed by atoms with Gasteiger partial charge in [0.05, 0.1) is 6.20 Å². The standard InChI is InChI=1S/C21H32N4O2/c1-16-11-22-25(12-16)14-20(27)24-13-17(5-8-19(26)23-18-6-7-18)21(15-24)9-3-2-4-10-21/h11-12,17-18H,2-10,13-15H2,1H3,(H,23,26). The Morgan fingerprint density at radius 3 is 2.70 bits per heavy atom. The predicted molar refractivity (Wildman–Crippen MR) is 103 cm³/mol. The van der Waals surface area contributed by atoms with Crippen molar-refractivity contribution in [3.63, 3.8) is 0 Å². The van der Waals surface area contributed by atoms with E-state index in [0.29, 0.717) is 24.9 Å². The molecule has 1 aliphatic heterocycles. The lowest BCUT2D eigenvalue weighted by molar-refractivity contribution is -0.131. The summed E-state index contributed by atoms with van der Waals surface area (Å²) in [5.41, 5.74) is 1.31. The molecule has 1 unspecified atom stereocenters. The van der Waals surface area contributed by atoms with Crippen LogP contribution in [0.1, 0.15) is 63.4 Å². The molecule has 148 valence electrons. The smallest absolute Gasteiger partial charge is 0.244 e. The van der Waals surface area contributed by atoms with E-state index in [1.165, 1.54) is 32.1 Å². The molecule has 0 radical (unpaired) electrons. The van der Waals surface area contributed by atoms with E-state index >= 15 is 0 Å². The van der Waals surface area contributed by atoms with Crippen LogP contribution in [0.2, 0.25) is 0 Å². The van der Waals surface area contributed by atoms with Crippen molar-refractivity contribution < 1.29 is 9.59 Å². The van der Waals surface area contributed by atoms with Crippen molar-refractivity contribution in [3.05, 3.63) is 18.0 Å². The highest BCUT2D eigenvalue weighted by Crippen LogP contribution is 2.49. The Labute approximate surface area is 161 Å². The quantitative estimate of drug-likeness (QED) is 0.835. The normalized spacial score (nSPS) is 24.3. The Kier molecular flexibility index (Phi) is 5.24. The predicted octanol–water partition coefficient (Wildman–Crippen LogP) is 2.66. The lowest BCUT2D eigenvalue weighted by atomic mass is 9.66. The van der Waals surface area contributed by atoms with Crippen LogP contribution in [0.3, 0.4) is 0 Å². The number of aryl methyl sites for hydroxylation is 1. The molecule has 0 aromatic carbocycles. The monoisotopic (exact) mass is 372 g/mol. The number of amides is 2. The summed E-state index contributed by atoms with van der Waals surface area (Å²) in [5.74, 6) is 0.805. The number of hydrogen-bond acceptors (Lipinski definition) is 3. The SMILES string of the molecule is Cc1cnn(CC(=O)N2CC(CCC(=O)NC3CC3)C3(CCCCC3)C2)c1. The van der Waals surface area contributed by atoms with Crippen LogP contribution in [0.25, 0.3) is 0 Å². The van der Waals surface area contributed by atoms with Gasteiger partial charge in [0.15, 0.2) is 0 Å². The number of carbonyl (C=O) groups excluding carboxylic acids is 2. The lowest BCUT2D eigenvalue weighted by Crippen LogP contribution is -2.36. The molecule has 0 bridgehead atoms. The molecule has 1 atom stereocenters. The van der Waals surface area contributed by atoms with Gasteiger partial charge in [0.25, 0.3) is 0 Å². The van der Waals surface area contributed by atoms with Gasteiger partial charge >= 0.3 is 0 Å². The van der Waals surface area contributed by atoms with Crippen molar-refractivity contribution in [1.29, 1.82) is 0 Å². The Bertz CT molecular complexity index is 688. The van der Waals surface area contributed by atoms with Crippen LogP contribution in [0.15, 0.2) is 12.4 Å². The molecule has 4 rings (SSSR count). The highest BCUT2D eigenvalue weighted by molar-refractivity contribution is 5.77. The minimum atomic E-state index is 0.160. The van der Waals surface area contributed by atoms with Gasteiger partial charge in [-0.15, -0.1) is 0 Å². The minimum Gasteiger partial charge on any atom is -0.353 e. The molecule has 2 aliphatic carbocycles. The van der Waals surface area contributed by atoms with E-state index in [-0.39, 0.29) is 17.2 Å². The first kappa shape index (κ1) is 18.5. The molecule has 6 nitrogen and oxygen atoms in total. The molecule has 1 aromatic rings. The van der Waals surface area contributed by atoms with Gasteiger partial charge in [-0.1, -0.05) is 19.3 Å². The molecule has 3 fully saturated rings. The Hall–Kier alpha value is -1.85. The van der Waals surface area contributed by atoms with Gasteiger partial charge in [0, 0.05) is 31.7 Å². The van der Waals surface area contributed by atoms with E-state index in [1.807, 2.05) is 18.0 Å². The molecule has 1 spiro atoms. The third-order valence-corrected chi connectivity index (χ3v) is 6.74. The van der Waals surface area contributed by atoms with E-state index in [0.717, 1.165) is 37.9 Å². The first-order valence-corrected chi connectivity index (χ1v) is 10.6. The van der Waals surface area contributed by atoms with Crippen LogP contribution in [0, 0.1) is 18.3 Å². The molecule has 1 N–H and O–H groups in total. The summed E-state index contributed by atoms with van der Waals surface area (Å²) < 4.78 is 1.74. The highest BCUT2D eigenvalue weighted by atomic mass is 16.2. The zero-order valence-electron chi connectivity index (χ0n) is 16.5. The average Bonchev–Trinajstić information content (AvgIpc) is 3.26. The second-order valence-corrected chi connectivity index (χ2v) is 8.99. The van der Waals surface area contributed by atoms with Crippen LogP contribution in [-0.2, 0) is 16.1 Å². The third kappa shape index (κ3) is 4.36. The maximum atomic E-state index is 12.9. The fourth-order valence-electron chi connectivity index (χ4n) is 5.07. The summed E-state index contributed by atoms with van der Waals surface area (Å²) in [7, 11) is 0. The zero-order chi connectivity index (χ0) is 18.9. The molecular formula is C21H32N4O2. The number of aromatic nitrogens is 2. The van der Waals surface area contributed by atoms with Crippen molar-refractivity contribution in [3.8, 4) is 0 Å². The van der Waals surface area contributed by atoms with E-state index in [4.69, 9.17) is 0 Å². The highest BCUT2D eigenvalue weighted by Gasteiger charge is 2.47. The maximum Gasteiger partial charge on any atom is 0.244 e. The average molecular weight is 373 g/mol. The Balaban J connectivity index is 1.39. The number of carbonyl (C=O) groups is 2. The molecule has 2 saturated carbocycles. The first-order chi connectivity index (χ1) is 13.0. The molecule has 3 aliphatic rings. The second-order valence-electron chi connectivity index (χ2n) is 8.99. The van der Waals surface area contributed by atoms with Gasteiger partial charge in [-0.25, -0.2) is 0 Å². The van der Waals surface area contributed by atoms with Crippen LogP contribution in [0.5, 0.6) is 0 Å². The van der Waals surface area contributed by atoms with Gasteiger partial charge in [-0.2, -0.15) is 5.10 Å². The molecule has 27 heavy (non-hydrogen) atoms. The van der Waals surface area contributed by atoms with E-state index in [1.54, 1.807) is 10.9 Å². The summed E-state index contributed by atoms with van der Waals surface area (Å²) in [6.45, 7) is 3.97. The first-order valence-electron chi connectivity index (χ1n) is 10.6. The third-order valence-electron chi connectivity index (χ3n) is 6.74. The van der Waals surface area contributed by atoms with E-state index in [2.05, 4.69) is 10.4 Å². The Morgan fingerprint density at radius 1 is 1.26 bits per heavy atom. The zero-order valence-corrected chi connectivity index (χ0v) is 16.5. The topological polar surface area (TPSA) is 67.2 Å². The largest absolute Gasteiger partial charge is 0.353 e. The molecular weight excluding hydrogens is 340 g/mol. The van der Waals surface area contributed by atoms with Crippen LogP contribution >= 0.6 is 0 Å². The summed E-state index contributed by atoms with van der Waals surface area (Å²) >= 11 is 0. The fraction of sp³-hybridized carbons (Fsp3) is 0.762. The Morgan fingerprint density at radius 2 is 2.04 bits per heavy atom. The fourth-order valence-corrected chi connectivity index (χ4v) is 5.07. The van der Waals surface area contributed by atoms with E-state index in [9.17, 15) is 9.59 Å². The summed E-state index contributed by atoms with van der Waals surface area (Å²) in [6.07, 6.45) is 13.7. The second kappa shape index (κ2) is 7.64. The van der Waals surface area contributed by atoms with Crippen molar-refractivity contribution in [1.82, 2.24) is 20.0 Å². The van der Waals surface area contributed by atoms with Gasteiger partial charge in [0.2, 0.25) is 11.8 Å². The van der Waals surface area contributed by atoms with Crippen LogP contribution in [0.4, 0.5) is 0 Å².